The van der Waals surface area contributed by atoms with E-state index in [2.05, 4.69) is 37.4 Å². The van der Waals surface area contributed by atoms with Gasteiger partial charge in [-0.25, -0.2) is 0 Å². The minimum Gasteiger partial charge on any atom is -0.490 e. The Balaban J connectivity index is 0.00000225. The largest absolute Gasteiger partial charge is 0.490 e. The number of hydrogen-bond donors (Lipinski definition) is 1. The molecule has 1 N–H and O–H groups in total. The first-order valence-corrected chi connectivity index (χ1v) is 10.1. The number of rotatable bonds is 4. The van der Waals surface area contributed by atoms with Crippen molar-refractivity contribution in [3.05, 3.63) is 29.3 Å². The monoisotopic (exact) mass is 384 g/mol. The SMILES string of the molecule is Cc1ccc(C)c(OC2CCN(C(=O)CC3CSCCN3)CC2)c1.Cl. The van der Waals surface area contributed by atoms with Crippen molar-refractivity contribution in [1.29, 1.82) is 0 Å². The predicted molar refractivity (Wildman–Crippen MR) is 107 cm³/mol. The fourth-order valence-corrected chi connectivity index (χ4v) is 4.28. The molecule has 0 aromatic heterocycles. The van der Waals surface area contributed by atoms with Crippen LogP contribution in [0, 0.1) is 13.8 Å². The van der Waals surface area contributed by atoms with Gasteiger partial charge in [0.05, 0.1) is 0 Å². The number of carbonyl (C=O) groups excluding carboxylic acids is 1. The van der Waals surface area contributed by atoms with E-state index in [1.165, 1.54) is 11.1 Å². The fraction of sp³-hybridized carbons (Fsp3) is 0.632. The lowest BCUT2D eigenvalue weighted by molar-refractivity contribution is -0.133. The average Bonchev–Trinajstić information content (AvgIpc) is 2.60. The summed E-state index contributed by atoms with van der Waals surface area (Å²) in [6.07, 6.45) is 2.70. The number of amides is 1. The van der Waals surface area contributed by atoms with Gasteiger partial charge in [-0.2, -0.15) is 11.8 Å². The van der Waals surface area contributed by atoms with E-state index >= 15 is 0 Å². The quantitative estimate of drug-likeness (QED) is 0.865. The lowest BCUT2D eigenvalue weighted by Crippen LogP contribution is -2.46. The molecular formula is C19H29ClN2O2S. The molecule has 4 nitrogen and oxygen atoms in total. The predicted octanol–water partition coefficient (Wildman–Crippen LogP) is 3.19. The van der Waals surface area contributed by atoms with Crippen LogP contribution in [-0.4, -0.2) is 54.1 Å². The summed E-state index contributed by atoms with van der Waals surface area (Å²) in [5.74, 6) is 3.49. The Morgan fingerprint density at radius 2 is 2.08 bits per heavy atom. The molecule has 140 valence electrons. The molecule has 2 aliphatic heterocycles. The first kappa shape index (κ1) is 20.4. The second-order valence-corrected chi connectivity index (χ2v) is 8.05. The number of likely N-dealkylation sites (tertiary alicyclic amines) is 1. The van der Waals surface area contributed by atoms with Crippen LogP contribution in [0.3, 0.4) is 0 Å². The summed E-state index contributed by atoms with van der Waals surface area (Å²) in [4.78, 5) is 14.5. The van der Waals surface area contributed by atoms with E-state index in [0.717, 1.165) is 49.7 Å². The summed E-state index contributed by atoms with van der Waals surface area (Å²) in [5.41, 5.74) is 2.40. The zero-order valence-electron chi connectivity index (χ0n) is 15.1. The number of benzene rings is 1. The Morgan fingerprint density at radius 1 is 1.32 bits per heavy atom. The van der Waals surface area contributed by atoms with Crippen LogP contribution in [-0.2, 0) is 4.79 Å². The maximum absolute atomic E-state index is 12.5. The van der Waals surface area contributed by atoms with Gasteiger partial charge in [0, 0.05) is 56.4 Å². The molecule has 3 rings (SSSR count). The van der Waals surface area contributed by atoms with E-state index in [9.17, 15) is 4.79 Å². The molecule has 2 aliphatic rings. The van der Waals surface area contributed by atoms with Crippen LogP contribution in [0.1, 0.15) is 30.4 Å². The number of nitrogens with one attached hydrogen (secondary N) is 1. The summed E-state index contributed by atoms with van der Waals surface area (Å²) in [6, 6.07) is 6.68. The van der Waals surface area contributed by atoms with Gasteiger partial charge in [-0.05, 0) is 31.0 Å². The van der Waals surface area contributed by atoms with Crippen LogP contribution in [0.25, 0.3) is 0 Å². The fourth-order valence-electron chi connectivity index (χ4n) is 3.33. The van der Waals surface area contributed by atoms with Crippen molar-refractivity contribution < 1.29 is 9.53 Å². The normalized spacial score (nSPS) is 21.5. The maximum Gasteiger partial charge on any atom is 0.224 e. The van der Waals surface area contributed by atoms with Gasteiger partial charge in [-0.15, -0.1) is 12.4 Å². The van der Waals surface area contributed by atoms with Crippen LogP contribution in [0.15, 0.2) is 18.2 Å². The zero-order valence-corrected chi connectivity index (χ0v) is 16.8. The van der Waals surface area contributed by atoms with Crippen molar-refractivity contribution in [3.8, 4) is 5.75 Å². The van der Waals surface area contributed by atoms with E-state index < -0.39 is 0 Å². The smallest absolute Gasteiger partial charge is 0.224 e. The van der Waals surface area contributed by atoms with Crippen molar-refractivity contribution in [2.24, 2.45) is 0 Å². The number of nitrogens with zero attached hydrogens (tertiary/aromatic N) is 1. The van der Waals surface area contributed by atoms with Gasteiger partial charge in [0.15, 0.2) is 0 Å². The Morgan fingerprint density at radius 3 is 2.76 bits per heavy atom. The first-order valence-electron chi connectivity index (χ1n) is 8.94. The van der Waals surface area contributed by atoms with Gasteiger partial charge in [0.25, 0.3) is 0 Å². The first-order chi connectivity index (χ1) is 11.6. The zero-order chi connectivity index (χ0) is 16.9. The topological polar surface area (TPSA) is 41.6 Å². The van der Waals surface area contributed by atoms with Crippen LogP contribution >= 0.6 is 24.2 Å². The van der Waals surface area contributed by atoms with Gasteiger partial charge in [0.2, 0.25) is 5.91 Å². The van der Waals surface area contributed by atoms with Crippen molar-refractivity contribution >= 4 is 30.1 Å². The highest BCUT2D eigenvalue weighted by molar-refractivity contribution is 7.99. The molecule has 6 heteroatoms. The van der Waals surface area contributed by atoms with Crippen LogP contribution < -0.4 is 10.1 Å². The third-order valence-corrected chi connectivity index (χ3v) is 5.98. The number of hydrogen-bond acceptors (Lipinski definition) is 4. The Kier molecular flexibility index (Phi) is 7.91. The number of aryl methyl sites for hydroxylation is 2. The van der Waals surface area contributed by atoms with Crippen LogP contribution in [0.4, 0.5) is 0 Å². The van der Waals surface area contributed by atoms with Crippen molar-refractivity contribution in [1.82, 2.24) is 10.2 Å². The number of carbonyl (C=O) groups is 1. The van der Waals surface area contributed by atoms with Gasteiger partial charge >= 0.3 is 0 Å². The number of thioether (sulfide) groups is 1. The Labute approximate surface area is 161 Å². The van der Waals surface area contributed by atoms with E-state index in [1.807, 2.05) is 16.7 Å². The van der Waals surface area contributed by atoms with Crippen LogP contribution in [0.2, 0.25) is 0 Å². The molecule has 1 aromatic carbocycles. The second-order valence-electron chi connectivity index (χ2n) is 6.90. The van der Waals surface area contributed by atoms with E-state index in [-0.39, 0.29) is 18.5 Å². The van der Waals surface area contributed by atoms with Gasteiger partial charge in [-0.3, -0.25) is 4.79 Å². The molecule has 2 heterocycles. The highest BCUT2D eigenvalue weighted by atomic mass is 35.5. The second kappa shape index (κ2) is 9.70. The summed E-state index contributed by atoms with van der Waals surface area (Å²) in [7, 11) is 0. The van der Waals surface area contributed by atoms with Crippen molar-refractivity contribution in [2.75, 3.05) is 31.1 Å². The molecule has 2 saturated heterocycles. The Bertz CT molecular complexity index is 571. The van der Waals surface area contributed by atoms with Crippen LogP contribution in [0.5, 0.6) is 5.75 Å². The summed E-state index contributed by atoms with van der Waals surface area (Å²) in [6.45, 7) is 6.82. The minimum absolute atomic E-state index is 0. The minimum atomic E-state index is 0. The van der Waals surface area contributed by atoms with Crippen molar-refractivity contribution in [3.63, 3.8) is 0 Å². The number of ether oxygens (including phenoxy) is 1. The lowest BCUT2D eigenvalue weighted by Gasteiger charge is -2.34. The summed E-state index contributed by atoms with van der Waals surface area (Å²) >= 11 is 1.94. The van der Waals surface area contributed by atoms with E-state index in [1.54, 1.807) is 0 Å². The molecule has 0 saturated carbocycles. The highest BCUT2D eigenvalue weighted by Crippen LogP contribution is 2.24. The number of piperidine rings is 1. The molecule has 1 amide bonds. The lowest BCUT2D eigenvalue weighted by atomic mass is 10.1. The molecule has 0 aliphatic carbocycles. The van der Waals surface area contributed by atoms with Gasteiger partial charge < -0.3 is 15.0 Å². The molecule has 0 bridgehead atoms. The average molecular weight is 385 g/mol. The third-order valence-electron chi connectivity index (χ3n) is 4.85. The van der Waals surface area contributed by atoms with Gasteiger partial charge in [-0.1, -0.05) is 12.1 Å². The van der Waals surface area contributed by atoms with E-state index in [4.69, 9.17) is 4.74 Å². The Hall–Kier alpha value is -0.910. The molecule has 1 aromatic rings. The van der Waals surface area contributed by atoms with Crippen molar-refractivity contribution in [2.45, 2.75) is 45.3 Å². The highest BCUT2D eigenvalue weighted by Gasteiger charge is 2.26. The molecule has 2 fully saturated rings. The molecule has 0 radical (unpaired) electrons. The molecular weight excluding hydrogens is 356 g/mol. The standard InChI is InChI=1S/C19H28N2O2S.ClH/c1-14-3-4-15(2)18(11-14)23-17-5-8-21(9-6-17)19(22)12-16-13-24-10-7-20-16;/h3-4,11,16-17,20H,5-10,12-13H2,1-2H3;1H. The number of halogens is 1. The molecule has 1 unspecified atom stereocenters. The maximum atomic E-state index is 12.5. The van der Waals surface area contributed by atoms with Gasteiger partial charge in [0.1, 0.15) is 11.9 Å². The molecule has 1 atom stereocenters. The molecule has 0 spiro atoms. The summed E-state index contributed by atoms with van der Waals surface area (Å²) in [5, 5.41) is 3.45. The van der Waals surface area contributed by atoms with E-state index in [0.29, 0.717) is 18.4 Å². The third kappa shape index (κ3) is 5.80. The molecule has 25 heavy (non-hydrogen) atoms. The summed E-state index contributed by atoms with van der Waals surface area (Å²) < 4.78 is 6.19.